The van der Waals surface area contributed by atoms with E-state index in [1.165, 1.54) is 0 Å². The molecule has 4 atom stereocenters. The summed E-state index contributed by atoms with van der Waals surface area (Å²) in [5, 5.41) is 14.4. The molecular weight excluding hydrogens is 725 g/mol. The van der Waals surface area contributed by atoms with Crippen LogP contribution in [0.2, 0.25) is 18.1 Å². The monoisotopic (exact) mass is 792 g/mol. The van der Waals surface area contributed by atoms with Crippen LogP contribution >= 0.6 is 0 Å². The predicted molar refractivity (Wildman–Crippen MR) is 228 cm³/mol. The molecule has 10 nitrogen and oxygen atoms in total. The van der Waals surface area contributed by atoms with Crippen molar-refractivity contribution < 1.29 is 38.2 Å². The molecule has 1 aromatic rings. The summed E-state index contributed by atoms with van der Waals surface area (Å²) < 4.78 is 24.7. The summed E-state index contributed by atoms with van der Waals surface area (Å²) in [4.78, 5) is 32.8. The average Bonchev–Trinajstić information content (AvgIpc) is 4.01. The molecule has 1 amide bonds. The second kappa shape index (κ2) is 23.4. The minimum absolute atomic E-state index is 0.0525. The molecule has 1 aromatic carbocycles. The van der Waals surface area contributed by atoms with Gasteiger partial charge < -0.3 is 29.1 Å². The van der Waals surface area contributed by atoms with Crippen LogP contribution in [0.15, 0.2) is 85.0 Å². The highest BCUT2D eigenvalue weighted by atomic mass is 28.4. The normalized spacial score (nSPS) is 17.8. The fourth-order valence-corrected chi connectivity index (χ4v) is 10.00. The third kappa shape index (κ3) is 13.4. The Hall–Kier alpha value is -3.90. The number of allylic oxidation sites excluding steroid dienone is 6. The van der Waals surface area contributed by atoms with Crippen molar-refractivity contribution in [1.29, 1.82) is 0 Å². The summed E-state index contributed by atoms with van der Waals surface area (Å²) in [7, 11) is 1.05. The Morgan fingerprint density at radius 1 is 1.05 bits per heavy atom. The van der Waals surface area contributed by atoms with E-state index in [4.69, 9.17) is 23.5 Å². The number of phenolic OH excluding ortho intramolecular Hbond substituents is 1. The summed E-state index contributed by atoms with van der Waals surface area (Å²) in [6, 6.07) is 6.34. The van der Waals surface area contributed by atoms with E-state index in [0.717, 1.165) is 55.0 Å². The van der Waals surface area contributed by atoms with Crippen molar-refractivity contribution >= 4 is 25.9 Å². The van der Waals surface area contributed by atoms with Gasteiger partial charge >= 0.3 is 5.97 Å². The molecule has 0 saturated heterocycles. The molecule has 0 unspecified atom stereocenters. The topological polar surface area (TPSA) is 125 Å². The minimum atomic E-state index is -2.17. The quantitative estimate of drug-likeness (QED) is 0.0160. The maximum absolute atomic E-state index is 13.9. The molecule has 56 heavy (non-hydrogen) atoms. The van der Waals surface area contributed by atoms with Gasteiger partial charge in [0.15, 0.2) is 8.32 Å². The van der Waals surface area contributed by atoms with Gasteiger partial charge in [-0.05, 0) is 81.6 Å². The number of amides is 1. The summed E-state index contributed by atoms with van der Waals surface area (Å²) >= 11 is 0. The van der Waals surface area contributed by atoms with Gasteiger partial charge in [-0.15, -0.1) is 0 Å². The highest BCUT2D eigenvalue weighted by Crippen LogP contribution is 2.40. The molecule has 3 rings (SSSR count). The number of aromatic hydroxyl groups is 1. The smallest absolute Gasteiger partial charge is 0.332 e. The maximum atomic E-state index is 13.9. The Kier molecular flexibility index (Phi) is 19.4. The van der Waals surface area contributed by atoms with Gasteiger partial charge in [0.05, 0.1) is 25.9 Å². The van der Waals surface area contributed by atoms with Crippen LogP contribution in [0.3, 0.4) is 0 Å². The van der Waals surface area contributed by atoms with Crippen LogP contribution in [0.5, 0.6) is 11.5 Å². The Labute approximate surface area is 337 Å². The SMILES string of the molecule is C=C/C=C/C[C@H](OC(=O)C1(NC(=O)C2=CCCCC2)CC1)[C@H](C)[C@@H](O[Si](CC)(CC)CC)/C(C)=C\Cc1cc(OC)cc(NOCC[C@@H](/C=C/C=C)OC)c1O. The van der Waals surface area contributed by atoms with Gasteiger partial charge in [-0.25, -0.2) is 4.79 Å². The van der Waals surface area contributed by atoms with Gasteiger partial charge in [-0.2, -0.15) is 0 Å². The number of anilines is 1. The Morgan fingerprint density at radius 3 is 2.36 bits per heavy atom. The average molecular weight is 793 g/mol. The number of methoxy groups -OCH3 is 2. The summed E-state index contributed by atoms with van der Waals surface area (Å²) in [5.41, 5.74) is 4.65. The molecule has 0 heterocycles. The molecular formula is C45H68N2O8Si. The molecule has 0 aromatic heterocycles. The Balaban J connectivity index is 1.89. The second-order valence-corrected chi connectivity index (χ2v) is 19.7. The number of hydrogen-bond donors (Lipinski definition) is 3. The van der Waals surface area contributed by atoms with Crippen LogP contribution in [-0.4, -0.2) is 70.0 Å². The molecule has 0 spiro atoms. The first kappa shape index (κ1) is 46.5. The number of esters is 1. The zero-order valence-electron chi connectivity index (χ0n) is 35.0. The molecule has 11 heteroatoms. The van der Waals surface area contributed by atoms with Crippen molar-refractivity contribution in [3.63, 3.8) is 0 Å². The number of benzene rings is 1. The highest BCUT2D eigenvalue weighted by Gasteiger charge is 2.54. The van der Waals surface area contributed by atoms with Crippen molar-refractivity contribution in [3.05, 3.63) is 90.6 Å². The molecule has 2 aliphatic carbocycles. The van der Waals surface area contributed by atoms with E-state index in [2.05, 4.69) is 57.7 Å². The van der Waals surface area contributed by atoms with Gasteiger partial charge in [-0.3, -0.25) is 15.1 Å². The molecule has 1 fully saturated rings. The fourth-order valence-electron chi connectivity index (χ4n) is 7.06. The van der Waals surface area contributed by atoms with Crippen molar-refractivity contribution in [2.45, 2.75) is 134 Å². The number of ether oxygens (including phenoxy) is 3. The molecule has 2 aliphatic rings. The highest BCUT2D eigenvalue weighted by molar-refractivity contribution is 6.73. The van der Waals surface area contributed by atoms with Crippen LogP contribution < -0.4 is 15.5 Å². The van der Waals surface area contributed by atoms with Gasteiger partial charge in [0, 0.05) is 43.1 Å². The lowest BCUT2D eigenvalue weighted by atomic mass is 9.90. The van der Waals surface area contributed by atoms with Gasteiger partial charge in [0.2, 0.25) is 5.91 Å². The Bertz CT molecular complexity index is 1570. The van der Waals surface area contributed by atoms with E-state index in [0.29, 0.717) is 55.7 Å². The number of carbonyl (C=O) groups is 2. The van der Waals surface area contributed by atoms with Crippen LogP contribution in [0.4, 0.5) is 5.69 Å². The molecule has 0 bridgehead atoms. The van der Waals surface area contributed by atoms with Crippen molar-refractivity contribution in [3.8, 4) is 11.5 Å². The maximum Gasteiger partial charge on any atom is 0.332 e. The fraction of sp³-hybridized carbons (Fsp3) is 0.556. The first-order valence-corrected chi connectivity index (χ1v) is 22.9. The first-order chi connectivity index (χ1) is 26.9. The first-order valence-electron chi connectivity index (χ1n) is 20.4. The Morgan fingerprint density at radius 2 is 1.77 bits per heavy atom. The van der Waals surface area contributed by atoms with Crippen LogP contribution in [0.25, 0.3) is 0 Å². The van der Waals surface area contributed by atoms with E-state index in [1.807, 2.05) is 43.4 Å². The molecule has 0 aliphatic heterocycles. The van der Waals surface area contributed by atoms with Crippen LogP contribution in [0.1, 0.15) is 91.5 Å². The molecule has 310 valence electrons. The number of hydrogen-bond acceptors (Lipinski definition) is 9. The lowest BCUT2D eigenvalue weighted by molar-refractivity contribution is -0.158. The second-order valence-electron chi connectivity index (χ2n) is 15.0. The van der Waals surface area contributed by atoms with Crippen LogP contribution in [-0.2, 0) is 34.7 Å². The zero-order valence-corrected chi connectivity index (χ0v) is 36.0. The van der Waals surface area contributed by atoms with Crippen molar-refractivity contribution in [2.75, 3.05) is 26.3 Å². The summed E-state index contributed by atoms with van der Waals surface area (Å²) in [6.07, 6.45) is 20.2. The zero-order chi connectivity index (χ0) is 41.1. The molecule has 0 radical (unpaired) electrons. The third-order valence-electron chi connectivity index (χ3n) is 11.3. The standard InChI is InChI=1S/C45H68N2O8Si/c1-10-15-18-24-40(54-44(50)45(28-29-45)46-43(49)35-21-19-17-20-22-35)34(7)42(55-56(12-3,13-4)14-5)33(6)25-26-36-31-38(52-9)32-39(41(36)48)47-53-30-27-37(51-8)23-16-11-2/h10-11,15-16,18,21,23,25,31-32,34,37,40,42,47-48H,1-2,12-14,17,19-20,22,24,26-30H2,3-9H3,(H,46,49)/b18-15+,23-16+,33-25-/t34-,37+,40-,42-/m0/s1. The lowest BCUT2D eigenvalue weighted by Crippen LogP contribution is -2.49. The van der Waals surface area contributed by atoms with E-state index < -0.39 is 25.9 Å². The van der Waals surface area contributed by atoms with Crippen molar-refractivity contribution in [1.82, 2.24) is 5.32 Å². The minimum Gasteiger partial charge on any atom is -0.505 e. The molecule has 3 N–H and O–H groups in total. The largest absolute Gasteiger partial charge is 0.505 e. The van der Waals surface area contributed by atoms with E-state index in [1.54, 1.807) is 32.4 Å². The van der Waals surface area contributed by atoms with Gasteiger partial charge in [-0.1, -0.05) is 89.5 Å². The summed E-state index contributed by atoms with van der Waals surface area (Å²) in [5.74, 6) is -0.184. The predicted octanol–water partition coefficient (Wildman–Crippen LogP) is 9.60. The van der Waals surface area contributed by atoms with Crippen molar-refractivity contribution in [2.24, 2.45) is 5.92 Å². The van der Waals surface area contributed by atoms with Gasteiger partial charge in [0.1, 0.15) is 28.8 Å². The number of carbonyl (C=O) groups excluding carboxylic acids is 2. The van der Waals surface area contributed by atoms with Gasteiger partial charge in [0.25, 0.3) is 0 Å². The number of nitrogens with one attached hydrogen (secondary N) is 2. The van der Waals surface area contributed by atoms with Crippen LogP contribution in [0, 0.1) is 5.92 Å². The molecule has 1 saturated carbocycles. The van der Waals surface area contributed by atoms with E-state index in [-0.39, 0.29) is 29.8 Å². The number of rotatable bonds is 26. The van der Waals surface area contributed by atoms with E-state index >= 15 is 0 Å². The van der Waals surface area contributed by atoms with E-state index in [9.17, 15) is 14.7 Å². The third-order valence-corrected chi connectivity index (χ3v) is 15.9. The summed E-state index contributed by atoms with van der Waals surface area (Å²) in [6.45, 7) is 18.6. The number of phenols is 1. The lowest BCUT2D eigenvalue weighted by Gasteiger charge is -2.39.